The highest BCUT2D eigenvalue weighted by Gasteiger charge is 2.27. The number of fused-ring (bicyclic) bond motifs is 1. The summed E-state index contributed by atoms with van der Waals surface area (Å²) >= 11 is 8.32. The minimum Gasteiger partial charge on any atom is -0.380 e. The van der Waals surface area contributed by atoms with Gasteiger partial charge in [0.15, 0.2) is 5.82 Å². The lowest BCUT2D eigenvalue weighted by atomic mass is 10.2. The molecule has 5 nitrogen and oxygen atoms in total. The topological polar surface area (TPSA) is 53.2 Å². The maximum absolute atomic E-state index is 6.06. The molecule has 0 bridgehead atoms. The number of aromatic nitrogens is 2. The van der Waals surface area contributed by atoms with Gasteiger partial charge in [0, 0.05) is 14.7 Å². The smallest absolute Gasteiger partial charge is 0.184 e. The molecule has 2 rings (SSSR count). The molecule has 1 aromatic heterocycles. The van der Waals surface area contributed by atoms with Crippen LogP contribution in [0.2, 0.25) is 30.8 Å². The average Bonchev–Trinajstić information content (AvgIpc) is 2.66. The van der Waals surface area contributed by atoms with E-state index in [-0.39, 0.29) is 6.04 Å². The summed E-state index contributed by atoms with van der Waals surface area (Å²) in [4.78, 5) is 0. The third kappa shape index (κ3) is 4.23. The maximum atomic E-state index is 6.06. The second kappa shape index (κ2) is 6.19. The molecule has 1 unspecified atom stereocenters. The van der Waals surface area contributed by atoms with E-state index in [0.29, 0.717) is 11.8 Å². The Morgan fingerprint density at radius 3 is 2.95 bits per heavy atom. The van der Waals surface area contributed by atoms with Crippen molar-refractivity contribution in [2.45, 2.75) is 31.7 Å². The van der Waals surface area contributed by atoms with Gasteiger partial charge in [0.25, 0.3) is 0 Å². The van der Waals surface area contributed by atoms with Gasteiger partial charge in [0.2, 0.25) is 0 Å². The van der Waals surface area contributed by atoms with Crippen LogP contribution >= 0.6 is 34.5 Å². The molecule has 1 atom stereocenters. The third-order valence-electron chi connectivity index (χ3n) is 2.98. The Balaban J connectivity index is 1.83. The van der Waals surface area contributed by atoms with Crippen molar-refractivity contribution in [3.05, 3.63) is 5.15 Å². The van der Waals surface area contributed by atoms with Gasteiger partial charge in [-0.25, -0.2) is 0 Å². The number of nitrogens with zero attached hydrogens (tertiary/aromatic N) is 2. The van der Waals surface area contributed by atoms with Crippen molar-refractivity contribution in [1.29, 1.82) is 0 Å². The Morgan fingerprint density at radius 2 is 2.26 bits per heavy atom. The highest BCUT2D eigenvalue weighted by atomic mass is 127. The lowest BCUT2D eigenvalue weighted by molar-refractivity contribution is 0.138. The molecule has 0 saturated heterocycles. The third-order valence-corrected chi connectivity index (χ3v) is 5.81. The predicted molar refractivity (Wildman–Crippen MR) is 91.3 cm³/mol. The first kappa shape index (κ1) is 15.4. The molecule has 19 heavy (non-hydrogen) atoms. The number of hydrogen-bond acceptors (Lipinski definition) is 4. The Morgan fingerprint density at radius 1 is 1.53 bits per heavy atom. The van der Waals surface area contributed by atoms with Crippen LogP contribution in [0.3, 0.4) is 0 Å². The summed E-state index contributed by atoms with van der Waals surface area (Å²) in [6.07, 6.45) is 0. The number of nitrogens with one attached hydrogen (secondary N) is 2. The van der Waals surface area contributed by atoms with Gasteiger partial charge >= 0.3 is 0 Å². The van der Waals surface area contributed by atoms with Crippen LogP contribution in [0, 0.1) is 0 Å². The number of ether oxygens (including phenoxy) is 1. The first-order chi connectivity index (χ1) is 8.87. The summed E-state index contributed by atoms with van der Waals surface area (Å²) < 4.78 is 7.87. The van der Waals surface area contributed by atoms with E-state index in [1.807, 2.05) is 0 Å². The predicted octanol–water partition coefficient (Wildman–Crippen LogP) is 3.37. The Labute approximate surface area is 133 Å². The number of rotatable bonds is 5. The van der Waals surface area contributed by atoms with Crippen molar-refractivity contribution < 1.29 is 4.74 Å². The van der Waals surface area contributed by atoms with E-state index in [2.05, 4.69) is 61.1 Å². The summed E-state index contributed by atoms with van der Waals surface area (Å²) in [5, 5.41) is 10.9. The van der Waals surface area contributed by atoms with Crippen LogP contribution < -0.4 is 8.43 Å². The van der Waals surface area contributed by atoms with Gasteiger partial charge < -0.3 is 10.1 Å². The molecule has 0 aromatic carbocycles. The Bertz CT molecular complexity index is 437. The van der Waals surface area contributed by atoms with Gasteiger partial charge in [-0.05, 0) is 6.04 Å². The maximum Gasteiger partial charge on any atom is 0.184 e. The van der Waals surface area contributed by atoms with E-state index in [4.69, 9.17) is 16.3 Å². The zero-order valence-corrected chi connectivity index (χ0v) is 15.4. The van der Waals surface area contributed by atoms with Gasteiger partial charge in [-0.3, -0.25) is 8.21 Å². The van der Waals surface area contributed by atoms with Crippen LogP contribution in [-0.2, 0) is 4.74 Å². The molecule has 0 spiro atoms. The number of aromatic amines is 1. The highest BCUT2D eigenvalue weighted by molar-refractivity contribution is 14.1. The largest absolute Gasteiger partial charge is 0.380 e. The van der Waals surface area contributed by atoms with Crippen LogP contribution in [0.25, 0.3) is 0 Å². The van der Waals surface area contributed by atoms with Crippen LogP contribution in [-0.4, -0.2) is 44.1 Å². The normalized spacial score (nSPS) is 19.2. The molecule has 0 amide bonds. The SMILES string of the molecule is C[Si](C)(C)CCOCC1CN(I)c2n[nH]c(Cl)c2N1. The summed E-state index contributed by atoms with van der Waals surface area (Å²) in [5.74, 6) is 0.865. The van der Waals surface area contributed by atoms with E-state index >= 15 is 0 Å². The van der Waals surface area contributed by atoms with Crippen molar-refractivity contribution in [2.75, 3.05) is 28.2 Å². The molecule has 1 aliphatic rings. The minimum absolute atomic E-state index is 0.251. The van der Waals surface area contributed by atoms with E-state index < -0.39 is 8.07 Å². The lowest BCUT2D eigenvalue weighted by Crippen LogP contribution is -2.40. The fraction of sp³-hybridized carbons (Fsp3) is 0.727. The molecule has 1 aliphatic heterocycles. The van der Waals surface area contributed by atoms with Crippen molar-refractivity contribution in [2.24, 2.45) is 0 Å². The number of halogens is 2. The van der Waals surface area contributed by atoms with Crippen LogP contribution in [0.4, 0.5) is 11.5 Å². The first-order valence-corrected chi connectivity index (χ1v) is 11.4. The first-order valence-electron chi connectivity index (χ1n) is 6.38. The second-order valence-electron chi connectivity index (χ2n) is 6.01. The van der Waals surface area contributed by atoms with Crippen molar-refractivity contribution >= 4 is 54.0 Å². The highest BCUT2D eigenvalue weighted by Crippen LogP contribution is 2.36. The summed E-state index contributed by atoms with van der Waals surface area (Å²) in [7, 11) is -1.01. The summed E-state index contributed by atoms with van der Waals surface area (Å²) in [6.45, 7) is 9.49. The molecule has 0 radical (unpaired) electrons. The van der Waals surface area contributed by atoms with Gasteiger partial charge in [-0.15, -0.1) is 0 Å². The van der Waals surface area contributed by atoms with Crippen LogP contribution in [0.15, 0.2) is 0 Å². The van der Waals surface area contributed by atoms with Crippen LogP contribution in [0.1, 0.15) is 0 Å². The zero-order valence-electron chi connectivity index (χ0n) is 11.5. The number of hydrogen-bond donors (Lipinski definition) is 2. The molecule has 2 N–H and O–H groups in total. The molecular formula is C11H20ClIN4OSi. The van der Waals surface area contributed by atoms with Crippen LogP contribution in [0.5, 0.6) is 0 Å². The molecule has 2 heterocycles. The standard InChI is InChI=1S/C11H20ClIN4OSi/c1-19(2,3)5-4-18-7-8-6-17(13)11-9(14-8)10(12)15-16-11/h8,14H,4-7H2,1-3H3,(H,15,16). The van der Waals surface area contributed by atoms with Gasteiger partial charge in [0.05, 0.1) is 42.1 Å². The Hall–Kier alpha value is 0.00688. The second-order valence-corrected chi connectivity index (χ2v) is 13.2. The molecule has 108 valence electrons. The molecular weight excluding hydrogens is 395 g/mol. The Kier molecular flexibility index (Phi) is 5.02. The van der Waals surface area contributed by atoms with E-state index in [0.717, 1.165) is 24.7 Å². The molecule has 0 aliphatic carbocycles. The van der Waals surface area contributed by atoms with Crippen molar-refractivity contribution in [3.8, 4) is 0 Å². The lowest BCUT2D eigenvalue weighted by Gasteiger charge is -2.30. The van der Waals surface area contributed by atoms with Crippen molar-refractivity contribution in [1.82, 2.24) is 10.2 Å². The zero-order chi connectivity index (χ0) is 14.0. The molecule has 0 fully saturated rings. The van der Waals surface area contributed by atoms with Gasteiger partial charge in [-0.2, -0.15) is 5.10 Å². The summed E-state index contributed by atoms with van der Waals surface area (Å²) in [5.41, 5.74) is 0.876. The number of anilines is 2. The number of H-pyrrole nitrogens is 1. The monoisotopic (exact) mass is 414 g/mol. The van der Waals surface area contributed by atoms with Gasteiger partial charge in [-0.1, -0.05) is 31.2 Å². The fourth-order valence-corrected chi connectivity index (χ4v) is 3.61. The van der Waals surface area contributed by atoms with E-state index in [9.17, 15) is 0 Å². The average molecular weight is 415 g/mol. The summed E-state index contributed by atoms with van der Waals surface area (Å²) in [6, 6.07) is 1.45. The van der Waals surface area contributed by atoms with Gasteiger partial charge in [0.1, 0.15) is 10.8 Å². The molecule has 0 saturated carbocycles. The minimum atomic E-state index is -1.01. The van der Waals surface area contributed by atoms with Crippen molar-refractivity contribution in [3.63, 3.8) is 0 Å². The molecule has 1 aromatic rings. The fourth-order valence-electron chi connectivity index (χ4n) is 1.84. The van der Waals surface area contributed by atoms with E-state index in [1.165, 1.54) is 6.04 Å². The molecule has 8 heteroatoms. The quantitative estimate of drug-likeness (QED) is 0.336. The van der Waals surface area contributed by atoms with E-state index in [1.54, 1.807) is 0 Å².